The molecule has 0 heterocycles. The first kappa shape index (κ1) is 15.1. The molecule has 0 spiro atoms. The SMILES string of the molecule is Cc1ccc(NC(=O)CC(F)(F)F)c(C#CCN)c1. The van der Waals surface area contributed by atoms with Crippen molar-refractivity contribution in [2.45, 2.75) is 19.5 Å². The molecule has 0 saturated heterocycles. The van der Waals surface area contributed by atoms with E-state index in [1.165, 1.54) is 6.07 Å². The molecule has 1 aromatic rings. The summed E-state index contributed by atoms with van der Waals surface area (Å²) in [4.78, 5) is 11.2. The van der Waals surface area contributed by atoms with E-state index in [1.54, 1.807) is 12.1 Å². The fraction of sp³-hybridized carbons (Fsp3) is 0.308. The zero-order valence-electron chi connectivity index (χ0n) is 10.3. The molecule has 6 heteroatoms. The Labute approximate surface area is 109 Å². The third kappa shape index (κ3) is 5.44. The lowest BCUT2D eigenvalue weighted by Crippen LogP contribution is -2.21. The molecule has 0 radical (unpaired) electrons. The Morgan fingerprint density at radius 1 is 1.42 bits per heavy atom. The minimum absolute atomic E-state index is 0.129. The van der Waals surface area contributed by atoms with E-state index in [2.05, 4.69) is 17.2 Å². The number of aryl methyl sites for hydroxylation is 1. The molecule has 0 bridgehead atoms. The summed E-state index contributed by atoms with van der Waals surface area (Å²) < 4.78 is 36.2. The Balaban J connectivity index is 2.91. The highest BCUT2D eigenvalue weighted by Gasteiger charge is 2.31. The first-order chi connectivity index (χ1) is 8.81. The predicted octanol–water partition coefficient (Wildman–Crippen LogP) is 2.20. The molecule has 3 N–H and O–H groups in total. The van der Waals surface area contributed by atoms with Crippen LogP contribution in [0.3, 0.4) is 0 Å². The molecule has 19 heavy (non-hydrogen) atoms. The van der Waals surface area contributed by atoms with Crippen molar-refractivity contribution >= 4 is 11.6 Å². The summed E-state index contributed by atoms with van der Waals surface area (Å²) in [5, 5.41) is 2.20. The number of nitrogens with two attached hydrogens (primary N) is 1. The molecular weight excluding hydrogens is 257 g/mol. The van der Waals surface area contributed by atoms with Crippen molar-refractivity contribution in [2.75, 3.05) is 11.9 Å². The minimum Gasteiger partial charge on any atom is -0.325 e. The first-order valence-electron chi connectivity index (χ1n) is 5.48. The van der Waals surface area contributed by atoms with Crippen molar-refractivity contribution in [3.63, 3.8) is 0 Å². The number of benzene rings is 1. The van der Waals surface area contributed by atoms with Gasteiger partial charge in [0.2, 0.25) is 5.91 Å². The number of carbonyl (C=O) groups is 1. The molecule has 0 atom stereocenters. The van der Waals surface area contributed by atoms with Crippen molar-refractivity contribution in [2.24, 2.45) is 5.73 Å². The largest absolute Gasteiger partial charge is 0.397 e. The monoisotopic (exact) mass is 270 g/mol. The topological polar surface area (TPSA) is 55.1 Å². The molecule has 0 aliphatic rings. The highest BCUT2D eigenvalue weighted by molar-refractivity contribution is 5.92. The van der Waals surface area contributed by atoms with Crippen LogP contribution in [0.2, 0.25) is 0 Å². The van der Waals surface area contributed by atoms with Crippen LogP contribution in [-0.4, -0.2) is 18.6 Å². The summed E-state index contributed by atoms with van der Waals surface area (Å²) >= 11 is 0. The van der Waals surface area contributed by atoms with Gasteiger partial charge >= 0.3 is 6.18 Å². The minimum atomic E-state index is -4.53. The Bertz CT molecular complexity index is 527. The number of alkyl halides is 3. The van der Waals surface area contributed by atoms with Crippen LogP contribution in [-0.2, 0) is 4.79 Å². The molecule has 1 amide bonds. The van der Waals surface area contributed by atoms with Gasteiger partial charge in [0, 0.05) is 5.56 Å². The molecule has 3 nitrogen and oxygen atoms in total. The van der Waals surface area contributed by atoms with Crippen LogP contribution in [0.1, 0.15) is 17.5 Å². The average Bonchev–Trinajstić information content (AvgIpc) is 2.27. The van der Waals surface area contributed by atoms with Crippen LogP contribution in [0.15, 0.2) is 18.2 Å². The second kappa shape index (κ2) is 6.25. The number of rotatable bonds is 2. The maximum atomic E-state index is 12.1. The van der Waals surface area contributed by atoms with E-state index in [0.717, 1.165) is 5.56 Å². The van der Waals surface area contributed by atoms with Crippen molar-refractivity contribution in [3.05, 3.63) is 29.3 Å². The number of nitrogens with one attached hydrogen (secondary N) is 1. The van der Waals surface area contributed by atoms with Crippen LogP contribution < -0.4 is 11.1 Å². The van der Waals surface area contributed by atoms with E-state index in [1.807, 2.05) is 6.92 Å². The van der Waals surface area contributed by atoms with Crippen molar-refractivity contribution in [1.29, 1.82) is 0 Å². The lowest BCUT2D eigenvalue weighted by atomic mass is 10.1. The number of amides is 1. The van der Waals surface area contributed by atoms with E-state index in [9.17, 15) is 18.0 Å². The molecule has 0 unspecified atom stereocenters. The first-order valence-corrected chi connectivity index (χ1v) is 5.48. The third-order valence-electron chi connectivity index (χ3n) is 2.14. The molecule has 1 aromatic carbocycles. The van der Waals surface area contributed by atoms with E-state index < -0.39 is 18.5 Å². The van der Waals surface area contributed by atoms with Crippen LogP contribution in [0, 0.1) is 18.8 Å². The standard InChI is InChI=1S/C13H13F3N2O/c1-9-4-5-11(10(7-9)3-2-6-17)18-12(19)8-13(14,15)16/h4-5,7H,6,8,17H2,1H3,(H,18,19). The van der Waals surface area contributed by atoms with Gasteiger partial charge in [0.1, 0.15) is 6.42 Å². The zero-order valence-corrected chi connectivity index (χ0v) is 10.3. The van der Waals surface area contributed by atoms with Crippen molar-refractivity contribution < 1.29 is 18.0 Å². The van der Waals surface area contributed by atoms with E-state index in [0.29, 0.717) is 5.56 Å². The van der Waals surface area contributed by atoms with E-state index in [4.69, 9.17) is 5.73 Å². The molecular formula is C13H13F3N2O. The highest BCUT2D eigenvalue weighted by Crippen LogP contribution is 2.22. The summed E-state index contributed by atoms with van der Waals surface area (Å²) in [6.45, 7) is 1.94. The third-order valence-corrected chi connectivity index (χ3v) is 2.14. The fourth-order valence-corrected chi connectivity index (χ4v) is 1.39. The van der Waals surface area contributed by atoms with Gasteiger partial charge in [-0.15, -0.1) is 0 Å². The van der Waals surface area contributed by atoms with Crippen molar-refractivity contribution in [3.8, 4) is 11.8 Å². The van der Waals surface area contributed by atoms with Crippen LogP contribution in [0.25, 0.3) is 0 Å². The molecule has 0 aliphatic heterocycles. The van der Waals surface area contributed by atoms with Gasteiger partial charge in [-0.3, -0.25) is 4.79 Å². The van der Waals surface area contributed by atoms with Gasteiger partial charge in [0.05, 0.1) is 12.2 Å². The van der Waals surface area contributed by atoms with Gasteiger partial charge in [-0.25, -0.2) is 0 Å². The van der Waals surface area contributed by atoms with E-state index >= 15 is 0 Å². The predicted molar refractivity (Wildman–Crippen MR) is 66.4 cm³/mol. The number of hydrogen-bond donors (Lipinski definition) is 2. The normalized spacial score (nSPS) is 10.6. The van der Waals surface area contributed by atoms with Crippen molar-refractivity contribution in [1.82, 2.24) is 0 Å². The molecule has 0 fully saturated rings. The summed E-state index contributed by atoms with van der Waals surface area (Å²) in [5.41, 5.74) is 6.82. The van der Waals surface area contributed by atoms with Gasteiger partial charge in [-0.2, -0.15) is 13.2 Å². The Morgan fingerprint density at radius 2 is 2.11 bits per heavy atom. The second-order valence-electron chi connectivity index (χ2n) is 3.90. The molecule has 0 aromatic heterocycles. The lowest BCUT2D eigenvalue weighted by Gasteiger charge is -2.10. The second-order valence-corrected chi connectivity index (χ2v) is 3.90. The summed E-state index contributed by atoms with van der Waals surface area (Å²) in [7, 11) is 0. The Morgan fingerprint density at radius 3 is 2.68 bits per heavy atom. The van der Waals surface area contributed by atoms with Crippen LogP contribution in [0.5, 0.6) is 0 Å². The Hall–Kier alpha value is -2.00. The zero-order chi connectivity index (χ0) is 14.5. The van der Waals surface area contributed by atoms with E-state index in [-0.39, 0.29) is 12.2 Å². The smallest absolute Gasteiger partial charge is 0.325 e. The number of anilines is 1. The van der Waals surface area contributed by atoms with Crippen LogP contribution in [0.4, 0.5) is 18.9 Å². The lowest BCUT2D eigenvalue weighted by molar-refractivity contribution is -0.150. The number of carbonyl (C=O) groups excluding carboxylic acids is 1. The summed E-state index contributed by atoms with van der Waals surface area (Å²) in [6.07, 6.45) is -6.05. The summed E-state index contributed by atoms with van der Waals surface area (Å²) in [5.74, 6) is 4.19. The summed E-state index contributed by atoms with van der Waals surface area (Å²) in [6, 6.07) is 4.87. The average molecular weight is 270 g/mol. The molecule has 0 saturated carbocycles. The van der Waals surface area contributed by atoms with Gasteiger partial charge in [-0.1, -0.05) is 17.9 Å². The fourth-order valence-electron chi connectivity index (χ4n) is 1.39. The Kier molecular flexibility index (Phi) is 4.95. The number of hydrogen-bond acceptors (Lipinski definition) is 2. The van der Waals surface area contributed by atoms with Gasteiger partial charge < -0.3 is 11.1 Å². The van der Waals surface area contributed by atoms with Crippen LogP contribution >= 0.6 is 0 Å². The van der Waals surface area contributed by atoms with Gasteiger partial charge in [-0.05, 0) is 24.6 Å². The molecule has 1 rings (SSSR count). The number of halogens is 3. The molecule has 0 aliphatic carbocycles. The van der Waals surface area contributed by atoms with Gasteiger partial charge in [0.25, 0.3) is 0 Å². The molecule has 102 valence electrons. The highest BCUT2D eigenvalue weighted by atomic mass is 19.4. The quantitative estimate of drug-likeness (QED) is 0.809. The maximum Gasteiger partial charge on any atom is 0.397 e. The van der Waals surface area contributed by atoms with Gasteiger partial charge in [0.15, 0.2) is 0 Å². The maximum absolute atomic E-state index is 12.1.